The van der Waals surface area contributed by atoms with Gasteiger partial charge in [-0.25, -0.2) is 0 Å². The molecule has 0 heterocycles. The second-order valence-corrected chi connectivity index (χ2v) is 4.09. The number of aliphatic hydroxyl groups excluding tert-OH is 1. The smallest absolute Gasteiger partial charge is 0.0641 e. The van der Waals surface area contributed by atoms with Gasteiger partial charge >= 0.3 is 0 Å². The van der Waals surface area contributed by atoms with Crippen molar-refractivity contribution in [2.24, 2.45) is 5.92 Å². The molecule has 1 heteroatoms. The zero-order valence-corrected chi connectivity index (χ0v) is 8.76. The van der Waals surface area contributed by atoms with Crippen molar-refractivity contribution in [3.63, 3.8) is 0 Å². The highest BCUT2D eigenvalue weighted by Gasteiger charge is 2.09. The Morgan fingerprint density at radius 3 is 2.31 bits per heavy atom. The Bertz CT molecular complexity index is 147. The molecular formula is C12H22O. The van der Waals surface area contributed by atoms with Crippen LogP contribution in [0.15, 0.2) is 11.6 Å². The van der Waals surface area contributed by atoms with E-state index in [0.717, 1.165) is 12.3 Å². The normalized spacial score (nSPS) is 21.5. The van der Waals surface area contributed by atoms with Crippen LogP contribution in [0.2, 0.25) is 0 Å². The van der Waals surface area contributed by atoms with Crippen LogP contribution in [0, 0.1) is 5.92 Å². The van der Waals surface area contributed by atoms with Gasteiger partial charge in [-0.15, -0.1) is 0 Å². The average Bonchev–Trinajstić information content (AvgIpc) is 2.42. The lowest BCUT2D eigenvalue weighted by Gasteiger charge is -2.10. The second-order valence-electron chi connectivity index (χ2n) is 4.09. The van der Waals surface area contributed by atoms with E-state index in [4.69, 9.17) is 5.11 Å². The molecule has 76 valence electrons. The fraction of sp³-hybridized carbons (Fsp3) is 0.833. The standard InChI is InChI=1S/C12H22O/c1-2-11(10-13)9-12-7-5-3-4-6-8-12/h9,12-13H,2-8,10H2,1H3. The maximum absolute atomic E-state index is 9.06. The maximum atomic E-state index is 9.06. The van der Waals surface area contributed by atoms with Gasteiger partial charge in [0.1, 0.15) is 0 Å². The minimum Gasteiger partial charge on any atom is -0.392 e. The van der Waals surface area contributed by atoms with Crippen molar-refractivity contribution >= 4 is 0 Å². The first kappa shape index (κ1) is 10.8. The Kier molecular flexibility index (Phi) is 5.14. The lowest BCUT2D eigenvalue weighted by Crippen LogP contribution is -1.98. The number of allylic oxidation sites excluding steroid dienone is 1. The van der Waals surface area contributed by atoms with Gasteiger partial charge in [-0.1, -0.05) is 38.7 Å². The number of rotatable bonds is 3. The van der Waals surface area contributed by atoms with Gasteiger partial charge in [0.05, 0.1) is 6.61 Å². The SMILES string of the molecule is CCC(=CC1CCCCCC1)CO. The van der Waals surface area contributed by atoms with Crippen molar-refractivity contribution in [2.75, 3.05) is 6.61 Å². The fourth-order valence-corrected chi connectivity index (χ4v) is 2.09. The van der Waals surface area contributed by atoms with Crippen LogP contribution in [-0.4, -0.2) is 11.7 Å². The summed E-state index contributed by atoms with van der Waals surface area (Å²) >= 11 is 0. The van der Waals surface area contributed by atoms with Crippen LogP contribution in [0.3, 0.4) is 0 Å². The Morgan fingerprint density at radius 2 is 1.85 bits per heavy atom. The molecule has 1 saturated carbocycles. The van der Waals surface area contributed by atoms with E-state index in [2.05, 4.69) is 13.0 Å². The van der Waals surface area contributed by atoms with Crippen LogP contribution in [0.1, 0.15) is 51.9 Å². The quantitative estimate of drug-likeness (QED) is 0.524. The van der Waals surface area contributed by atoms with Crippen molar-refractivity contribution < 1.29 is 5.11 Å². The summed E-state index contributed by atoms with van der Waals surface area (Å²) in [5, 5.41) is 9.06. The van der Waals surface area contributed by atoms with Crippen LogP contribution in [0.4, 0.5) is 0 Å². The topological polar surface area (TPSA) is 20.2 Å². The molecule has 1 N–H and O–H groups in total. The Balaban J connectivity index is 2.43. The Hall–Kier alpha value is -0.300. The molecule has 0 amide bonds. The summed E-state index contributed by atoms with van der Waals surface area (Å²) < 4.78 is 0. The molecule has 1 aliphatic rings. The summed E-state index contributed by atoms with van der Waals surface area (Å²) in [7, 11) is 0. The zero-order valence-electron chi connectivity index (χ0n) is 8.76. The Morgan fingerprint density at radius 1 is 1.23 bits per heavy atom. The van der Waals surface area contributed by atoms with Crippen LogP contribution < -0.4 is 0 Å². The minimum absolute atomic E-state index is 0.257. The van der Waals surface area contributed by atoms with E-state index in [1.54, 1.807) is 0 Å². The summed E-state index contributed by atoms with van der Waals surface area (Å²) in [6.07, 6.45) is 11.6. The maximum Gasteiger partial charge on any atom is 0.0641 e. The van der Waals surface area contributed by atoms with E-state index in [1.807, 2.05) is 0 Å². The minimum atomic E-state index is 0.257. The van der Waals surface area contributed by atoms with E-state index < -0.39 is 0 Å². The highest BCUT2D eigenvalue weighted by atomic mass is 16.3. The van der Waals surface area contributed by atoms with Gasteiger partial charge in [-0.2, -0.15) is 0 Å². The first-order valence-corrected chi connectivity index (χ1v) is 5.67. The molecule has 1 rings (SSSR count). The van der Waals surface area contributed by atoms with Crippen molar-refractivity contribution in [2.45, 2.75) is 51.9 Å². The molecule has 13 heavy (non-hydrogen) atoms. The van der Waals surface area contributed by atoms with E-state index in [9.17, 15) is 0 Å². The monoisotopic (exact) mass is 182 g/mol. The van der Waals surface area contributed by atoms with Gasteiger partial charge in [0.15, 0.2) is 0 Å². The van der Waals surface area contributed by atoms with Crippen molar-refractivity contribution in [1.82, 2.24) is 0 Å². The van der Waals surface area contributed by atoms with E-state index in [0.29, 0.717) is 0 Å². The molecule has 0 aliphatic heterocycles. The molecule has 0 aromatic heterocycles. The lowest BCUT2D eigenvalue weighted by atomic mass is 9.97. The van der Waals surface area contributed by atoms with Crippen LogP contribution in [-0.2, 0) is 0 Å². The predicted octanol–water partition coefficient (Wildman–Crippen LogP) is 3.29. The van der Waals surface area contributed by atoms with E-state index >= 15 is 0 Å². The molecule has 0 aromatic rings. The highest BCUT2D eigenvalue weighted by Crippen LogP contribution is 2.25. The molecule has 1 aliphatic carbocycles. The Labute approximate surface area is 81.9 Å². The van der Waals surface area contributed by atoms with Gasteiger partial charge in [-0.05, 0) is 30.8 Å². The summed E-state index contributed by atoms with van der Waals surface area (Å²) in [4.78, 5) is 0. The zero-order chi connectivity index (χ0) is 9.52. The predicted molar refractivity (Wildman–Crippen MR) is 56.7 cm³/mol. The van der Waals surface area contributed by atoms with Crippen LogP contribution >= 0.6 is 0 Å². The third kappa shape index (κ3) is 3.95. The van der Waals surface area contributed by atoms with Crippen molar-refractivity contribution in [3.8, 4) is 0 Å². The van der Waals surface area contributed by atoms with Gasteiger partial charge < -0.3 is 5.11 Å². The summed E-state index contributed by atoms with van der Waals surface area (Å²) in [5.41, 5.74) is 1.23. The molecule has 1 fully saturated rings. The van der Waals surface area contributed by atoms with E-state index in [-0.39, 0.29) is 6.61 Å². The summed E-state index contributed by atoms with van der Waals surface area (Å²) in [6.45, 7) is 2.38. The third-order valence-corrected chi connectivity index (χ3v) is 3.03. The first-order valence-electron chi connectivity index (χ1n) is 5.67. The fourth-order valence-electron chi connectivity index (χ4n) is 2.09. The molecule has 1 nitrogen and oxygen atoms in total. The largest absolute Gasteiger partial charge is 0.392 e. The number of hydrogen-bond acceptors (Lipinski definition) is 1. The van der Waals surface area contributed by atoms with Crippen molar-refractivity contribution in [3.05, 3.63) is 11.6 Å². The molecule has 0 atom stereocenters. The van der Waals surface area contributed by atoms with Gasteiger partial charge in [-0.3, -0.25) is 0 Å². The third-order valence-electron chi connectivity index (χ3n) is 3.03. The lowest BCUT2D eigenvalue weighted by molar-refractivity contribution is 0.325. The van der Waals surface area contributed by atoms with Crippen LogP contribution in [0.25, 0.3) is 0 Å². The summed E-state index contributed by atoms with van der Waals surface area (Å²) in [5.74, 6) is 0.754. The molecule has 0 saturated heterocycles. The van der Waals surface area contributed by atoms with E-state index in [1.165, 1.54) is 44.1 Å². The second kappa shape index (κ2) is 6.20. The summed E-state index contributed by atoms with van der Waals surface area (Å²) in [6, 6.07) is 0. The van der Waals surface area contributed by atoms with Gasteiger partial charge in [0, 0.05) is 0 Å². The van der Waals surface area contributed by atoms with Crippen LogP contribution in [0.5, 0.6) is 0 Å². The molecule has 0 radical (unpaired) electrons. The van der Waals surface area contributed by atoms with Gasteiger partial charge in [0.2, 0.25) is 0 Å². The molecule has 0 spiro atoms. The number of hydrogen-bond donors (Lipinski definition) is 1. The van der Waals surface area contributed by atoms with Crippen molar-refractivity contribution in [1.29, 1.82) is 0 Å². The number of aliphatic hydroxyl groups is 1. The molecular weight excluding hydrogens is 160 g/mol. The first-order chi connectivity index (χ1) is 6.36. The highest BCUT2D eigenvalue weighted by molar-refractivity contribution is 5.04. The molecule has 0 unspecified atom stereocenters. The average molecular weight is 182 g/mol. The molecule has 0 aromatic carbocycles. The van der Waals surface area contributed by atoms with Gasteiger partial charge in [0.25, 0.3) is 0 Å². The molecule has 0 bridgehead atoms.